The molecule has 1 unspecified atom stereocenters. The smallest absolute Gasteiger partial charge is 0.435 e. The molecule has 4 fully saturated rings. The van der Waals surface area contributed by atoms with E-state index in [2.05, 4.69) is 20.2 Å². The Kier molecular flexibility index (Phi) is 8.23. The van der Waals surface area contributed by atoms with Gasteiger partial charge >= 0.3 is 6.09 Å². The molecule has 2 bridgehead atoms. The number of nitrogens with zero attached hydrogens (tertiary/aromatic N) is 6. The number of hydrogen-bond donors (Lipinski definition) is 1. The van der Waals surface area contributed by atoms with Gasteiger partial charge in [0.1, 0.15) is 11.4 Å². The highest BCUT2D eigenvalue weighted by Gasteiger charge is 2.43. The zero-order valence-electron chi connectivity index (χ0n) is 26.0. The molecule has 1 saturated carbocycles. The number of hydrogen-bond acceptors (Lipinski definition) is 10. The number of anilines is 3. The van der Waals surface area contributed by atoms with Crippen LogP contribution >= 0.6 is 0 Å². The average Bonchev–Trinajstić information content (AvgIpc) is 3.64. The molecule has 2 aromatic rings. The summed E-state index contributed by atoms with van der Waals surface area (Å²) in [6.45, 7) is 9.15. The van der Waals surface area contributed by atoms with E-state index in [-0.39, 0.29) is 18.1 Å². The fourth-order valence-electron chi connectivity index (χ4n) is 6.36. The van der Waals surface area contributed by atoms with Gasteiger partial charge in [0, 0.05) is 55.3 Å². The van der Waals surface area contributed by atoms with Crippen LogP contribution in [-0.2, 0) is 14.3 Å². The number of carbonyl (C=O) groups excluding carboxylic acids is 2. The Morgan fingerprint density at radius 1 is 1.05 bits per heavy atom. The summed E-state index contributed by atoms with van der Waals surface area (Å²) in [5.41, 5.74) is 0.00522. The molecule has 3 saturated heterocycles. The molecule has 4 aliphatic rings. The summed E-state index contributed by atoms with van der Waals surface area (Å²) in [4.78, 5) is 39.9. The van der Waals surface area contributed by atoms with Crippen LogP contribution in [0.1, 0.15) is 77.8 Å². The third-order valence-electron chi connectivity index (χ3n) is 8.84. The van der Waals surface area contributed by atoms with Crippen molar-refractivity contribution in [2.45, 2.75) is 103 Å². The summed E-state index contributed by atoms with van der Waals surface area (Å²) in [6.07, 6.45) is 7.64. The van der Waals surface area contributed by atoms with Gasteiger partial charge in [-0.1, -0.05) is 0 Å². The van der Waals surface area contributed by atoms with Crippen molar-refractivity contribution in [2.24, 2.45) is 11.8 Å². The number of nitrogens with one attached hydrogen (secondary N) is 1. The lowest BCUT2D eigenvalue weighted by atomic mass is 9.81. The number of amides is 1. The van der Waals surface area contributed by atoms with E-state index in [0.717, 1.165) is 25.7 Å². The van der Waals surface area contributed by atoms with Crippen LogP contribution in [0.5, 0.6) is 5.88 Å². The standard InChI is InChI=1S/C31H45N7O5/c1-19-11-26(35-38(19)30(40)43-31(2,3)4)32-25-15-27(42-18-21-16-41-17-21)34-29(33-25)36(5)24-13-22-7-6-8-23(14-24)37(22)28(39)12-20-9-10-20/h11,15,20-24H,6-10,12-14,16-18H2,1-5H3,(H,32,33,34,35)/t22-,23+,24?. The van der Waals surface area contributed by atoms with Crippen LogP contribution in [0, 0.1) is 18.8 Å². The first-order valence-electron chi connectivity index (χ1n) is 15.7. The molecule has 1 aliphatic carbocycles. The van der Waals surface area contributed by atoms with Crippen molar-refractivity contribution in [3.05, 3.63) is 17.8 Å². The molecular weight excluding hydrogens is 550 g/mol. The van der Waals surface area contributed by atoms with Crippen molar-refractivity contribution in [3.8, 4) is 5.88 Å². The molecule has 3 atom stereocenters. The van der Waals surface area contributed by atoms with Crippen LogP contribution < -0.4 is 15.0 Å². The van der Waals surface area contributed by atoms with Gasteiger partial charge in [0.05, 0.1) is 19.8 Å². The van der Waals surface area contributed by atoms with Crippen molar-refractivity contribution in [2.75, 3.05) is 37.1 Å². The van der Waals surface area contributed by atoms with Gasteiger partial charge in [-0.15, -0.1) is 5.10 Å². The monoisotopic (exact) mass is 595 g/mol. The second kappa shape index (κ2) is 11.9. The van der Waals surface area contributed by atoms with Crippen molar-refractivity contribution >= 4 is 29.6 Å². The first kappa shape index (κ1) is 29.7. The zero-order valence-corrected chi connectivity index (χ0v) is 26.0. The summed E-state index contributed by atoms with van der Waals surface area (Å²) in [5, 5.41) is 7.68. The van der Waals surface area contributed by atoms with Gasteiger partial charge in [0.25, 0.3) is 0 Å². The second-order valence-electron chi connectivity index (χ2n) is 13.7. The van der Waals surface area contributed by atoms with Gasteiger partial charge < -0.3 is 29.3 Å². The van der Waals surface area contributed by atoms with E-state index >= 15 is 0 Å². The maximum Gasteiger partial charge on any atom is 0.435 e. The fraction of sp³-hybridized carbons (Fsp3) is 0.710. The predicted molar refractivity (Wildman–Crippen MR) is 161 cm³/mol. The molecule has 12 heteroatoms. The minimum Gasteiger partial charge on any atom is -0.477 e. The summed E-state index contributed by atoms with van der Waals surface area (Å²) in [5.74, 6) is 3.28. The molecule has 2 aromatic heterocycles. The molecule has 0 aromatic carbocycles. The lowest BCUT2D eigenvalue weighted by molar-refractivity contribution is -0.141. The van der Waals surface area contributed by atoms with Crippen LogP contribution in [-0.4, -0.2) is 87.2 Å². The van der Waals surface area contributed by atoms with E-state index in [0.29, 0.717) is 73.1 Å². The Labute approximate surface area is 253 Å². The third-order valence-corrected chi connectivity index (χ3v) is 8.84. The fourth-order valence-corrected chi connectivity index (χ4v) is 6.36. The van der Waals surface area contributed by atoms with E-state index in [1.807, 2.05) is 27.8 Å². The minimum absolute atomic E-state index is 0.206. The maximum atomic E-state index is 13.2. The molecule has 1 N–H and O–H groups in total. The lowest BCUT2D eigenvalue weighted by Crippen LogP contribution is -2.58. The summed E-state index contributed by atoms with van der Waals surface area (Å²) >= 11 is 0. The number of fused-ring (bicyclic) bond motifs is 2. The molecule has 0 spiro atoms. The highest BCUT2D eigenvalue weighted by atomic mass is 16.6. The maximum absolute atomic E-state index is 13.2. The molecule has 234 valence electrons. The van der Waals surface area contributed by atoms with Gasteiger partial charge in [0.2, 0.25) is 17.7 Å². The van der Waals surface area contributed by atoms with Gasteiger partial charge in [-0.2, -0.15) is 14.6 Å². The van der Waals surface area contributed by atoms with E-state index in [9.17, 15) is 9.59 Å². The number of piperidine rings is 2. The van der Waals surface area contributed by atoms with E-state index < -0.39 is 11.7 Å². The lowest BCUT2D eigenvalue weighted by Gasteiger charge is -2.50. The Morgan fingerprint density at radius 2 is 1.77 bits per heavy atom. The highest BCUT2D eigenvalue weighted by molar-refractivity contribution is 5.78. The normalized spacial score (nSPS) is 23.8. The number of aromatic nitrogens is 4. The van der Waals surface area contributed by atoms with Crippen LogP contribution in [0.4, 0.5) is 22.4 Å². The quantitative estimate of drug-likeness (QED) is 0.437. The van der Waals surface area contributed by atoms with E-state index in [1.165, 1.54) is 23.9 Å². The average molecular weight is 596 g/mol. The molecular formula is C31H45N7O5. The number of rotatable bonds is 9. The largest absolute Gasteiger partial charge is 0.477 e. The van der Waals surface area contributed by atoms with Gasteiger partial charge in [-0.05, 0) is 78.6 Å². The van der Waals surface area contributed by atoms with Gasteiger partial charge in [-0.25, -0.2) is 4.79 Å². The van der Waals surface area contributed by atoms with Crippen LogP contribution in [0.2, 0.25) is 0 Å². The zero-order chi connectivity index (χ0) is 30.3. The number of ether oxygens (including phenoxy) is 3. The van der Waals surface area contributed by atoms with Crippen LogP contribution in [0.25, 0.3) is 0 Å². The predicted octanol–water partition coefficient (Wildman–Crippen LogP) is 4.68. The number of carbonyl (C=O) groups is 2. The van der Waals surface area contributed by atoms with Crippen molar-refractivity contribution in [3.63, 3.8) is 0 Å². The topological polar surface area (TPSA) is 124 Å². The first-order chi connectivity index (χ1) is 20.5. The molecule has 43 heavy (non-hydrogen) atoms. The van der Waals surface area contributed by atoms with Crippen molar-refractivity contribution in [1.82, 2.24) is 24.6 Å². The summed E-state index contributed by atoms with van der Waals surface area (Å²) in [6, 6.07) is 4.27. The highest BCUT2D eigenvalue weighted by Crippen LogP contribution is 2.40. The second-order valence-corrected chi connectivity index (χ2v) is 13.7. The Hall–Kier alpha value is -3.41. The molecule has 5 heterocycles. The Bertz CT molecular complexity index is 1320. The van der Waals surface area contributed by atoms with Crippen LogP contribution in [0.15, 0.2) is 12.1 Å². The molecule has 1 amide bonds. The third kappa shape index (κ3) is 7.05. The molecule has 12 nitrogen and oxygen atoms in total. The Balaban J connectivity index is 1.20. The first-order valence-corrected chi connectivity index (χ1v) is 15.7. The van der Waals surface area contributed by atoms with E-state index in [4.69, 9.17) is 24.2 Å². The minimum atomic E-state index is -0.633. The molecule has 6 rings (SSSR count). The summed E-state index contributed by atoms with van der Waals surface area (Å²) in [7, 11) is 2.03. The van der Waals surface area contributed by atoms with Gasteiger partial charge in [0.15, 0.2) is 5.82 Å². The van der Waals surface area contributed by atoms with Crippen molar-refractivity contribution in [1.29, 1.82) is 0 Å². The van der Waals surface area contributed by atoms with Gasteiger partial charge in [-0.3, -0.25) is 4.79 Å². The van der Waals surface area contributed by atoms with Crippen molar-refractivity contribution < 1.29 is 23.8 Å². The summed E-state index contributed by atoms with van der Waals surface area (Å²) < 4.78 is 18.2. The molecule has 3 aliphatic heterocycles. The SMILES string of the molecule is Cc1cc(Nc2cc(OCC3COC3)nc(N(C)C3C[C@H]4CCC[C@@H](C3)N4C(=O)CC3CC3)n2)nn1C(=O)OC(C)(C)C. The Morgan fingerprint density at radius 3 is 2.40 bits per heavy atom. The molecule has 0 radical (unpaired) electrons. The van der Waals surface area contributed by atoms with E-state index in [1.54, 1.807) is 19.1 Å². The number of aryl methyl sites for hydroxylation is 1. The van der Waals surface area contributed by atoms with Crippen LogP contribution in [0.3, 0.4) is 0 Å².